The minimum Gasteiger partial charge on any atom is -0.456 e. The van der Waals surface area contributed by atoms with E-state index in [2.05, 4.69) is 26.1 Å². The van der Waals surface area contributed by atoms with Crippen LogP contribution < -0.4 is 10.7 Å². The Balaban J connectivity index is 1.66. The molecule has 5 rings (SSSR count). The fourth-order valence-electron chi connectivity index (χ4n) is 7.44. The third-order valence-electron chi connectivity index (χ3n) is 6.35. The second-order valence-corrected chi connectivity index (χ2v) is 10.00. The molecule has 1 N–H and O–H groups in total. The molecule has 0 unspecified atom stereocenters. The summed E-state index contributed by atoms with van der Waals surface area (Å²) in [7, 11) is 0. The molecule has 4 fully saturated rings. The van der Waals surface area contributed by atoms with E-state index in [0.29, 0.717) is 22.0 Å². The van der Waals surface area contributed by atoms with Gasteiger partial charge in [0.15, 0.2) is 11.2 Å². The van der Waals surface area contributed by atoms with Crippen LogP contribution in [-0.2, 0) is 0 Å². The van der Waals surface area contributed by atoms with Crippen molar-refractivity contribution in [3.8, 4) is 0 Å². The number of hydrogen-bond donors (Lipinski definition) is 1. The van der Waals surface area contributed by atoms with E-state index in [4.69, 9.17) is 4.42 Å². The number of amides is 1. The summed E-state index contributed by atoms with van der Waals surface area (Å²) in [5.74, 6) is 0.369. The Morgan fingerprint density at radius 3 is 1.92 bits per heavy atom. The predicted octanol–water partition coefficient (Wildman–Crippen LogP) is 3.82. The van der Waals surface area contributed by atoms with Gasteiger partial charge in [-0.2, -0.15) is 0 Å². The average molecular weight is 329 g/mol. The first-order valence-corrected chi connectivity index (χ1v) is 8.96. The van der Waals surface area contributed by atoms with Crippen molar-refractivity contribution in [1.82, 2.24) is 5.32 Å². The lowest BCUT2D eigenvalue weighted by molar-refractivity contribution is -0.154. The van der Waals surface area contributed by atoms with Crippen molar-refractivity contribution >= 4 is 5.91 Å². The first-order valence-electron chi connectivity index (χ1n) is 8.96. The summed E-state index contributed by atoms with van der Waals surface area (Å²) in [5.41, 5.74) is 0.573. The molecule has 1 heterocycles. The number of carbonyl (C=O) groups excluding carboxylic acids is 1. The fraction of sp³-hybridized carbons (Fsp3) is 0.700. The monoisotopic (exact) mass is 329 g/mol. The Morgan fingerprint density at radius 2 is 1.46 bits per heavy atom. The highest BCUT2D eigenvalue weighted by atomic mass is 16.3. The van der Waals surface area contributed by atoms with Crippen molar-refractivity contribution in [2.45, 2.75) is 71.8 Å². The average Bonchev–Trinajstić information content (AvgIpc) is 2.30. The van der Waals surface area contributed by atoms with E-state index < -0.39 is 0 Å². The molecular formula is C20H27NO3. The van der Waals surface area contributed by atoms with Crippen LogP contribution in [-0.4, -0.2) is 11.4 Å². The zero-order valence-electron chi connectivity index (χ0n) is 15.1. The van der Waals surface area contributed by atoms with E-state index in [-0.39, 0.29) is 22.6 Å². The Hall–Kier alpha value is -1.58. The molecule has 0 aromatic carbocycles. The summed E-state index contributed by atoms with van der Waals surface area (Å²) in [6.07, 6.45) is 6.87. The quantitative estimate of drug-likeness (QED) is 0.897. The molecular weight excluding hydrogens is 302 g/mol. The lowest BCUT2D eigenvalue weighted by Gasteiger charge is -2.69. The van der Waals surface area contributed by atoms with Crippen LogP contribution in [0.3, 0.4) is 0 Å². The molecule has 0 atom stereocenters. The van der Waals surface area contributed by atoms with Gasteiger partial charge in [-0.25, -0.2) is 0 Å². The number of rotatable bonds is 2. The lowest BCUT2D eigenvalue weighted by atomic mass is 9.38. The van der Waals surface area contributed by atoms with Gasteiger partial charge in [-0.15, -0.1) is 0 Å². The summed E-state index contributed by atoms with van der Waals surface area (Å²) in [6.45, 7) is 8.85. The number of nitrogens with one attached hydrogen (secondary N) is 1. The highest BCUT2D eigenvalue weighted by Gasteiger charge is 2.64. The highest BCUT2D eigenvalue weighted by molar-refractivity contribution is 5.91. The van der Waals surface area contributed by atoms with Gasteiger partial charge >= 0.3 is 0 Å². The lowest BCUT2D eigenvalue weighted by Crippen LogP contribution is -2.67. The van der Waals surface area contributed by atoms with Crippen LogP contribution in [0.15, 0.2) is 21.3 Å². The molecule has 24 heavy (non-hydrogen) atoms. The topological polar surface area (TPSA) is 59.3 Å². The van der Waals surface area contributed by atoms with Gasteiger partial charge in [0.25, 0.3) is 5.91 Å². The summed E-state index contributed by atoms with van der Waals surface area (Å²) >= 11 is 0. The predicted molar refractivity (Wildman–Crippen MR) is 91.9 cm³/mol. The Bertz CT molecular complexity index is 724. The van der Waals surface area contributed by atoms with Crippen LogP contribution in [0.5, 0.6) is 0 Å². The molecule has 1 aromatic heterocycles. The molecule has 4 aliphatic carbocycles. The van der Waals surface area contributed by atoms with Crippen LogP contribution in [0, 0.1) is 23.2 Å². The van der Waals surface area contributed by atoms with E-state index in [9.17, 15) is 9.59 Å². The molecule has 4 aliphatic rings. The van der Waals surface area contributed by atoms with E-state index >= 15 is 0 Å². The summed E-state index contributed by atoms with van der Waals surface area (Å²) in [4.78, 5) is 24.5. The van der Waals surface area contributed by atoms with Gasteiger partial charge in [0.2, 0.25) is 0 Å². The zero-order chi connectivity index (χ0) is 17.4. The van der Waals surface area contributed by atoms with Gasteiger partial charge in [-0.1, -0.05) is 20.8 Å². The standard InChI is InChI=1S/C20H27NO3/c1-13-5-14(22)6-15(24-13)16(23)21-20-10-17(2)7-18(3,11-20)9-19(4,8-17)12-20/h5-6H,7-12H2,1-4H3,(H,21,23). The Labute approximate surface area is 143 Å². The number of aryl methyl sites for hydroxylation is 1. The molecule has 4 heteroatoms. The Morgan fingerprint density at radius 1 is 0.958 bits per heavy atom. The van der Waals surface area contributed by atoms with Gasteiger partial charge in [0.1, 0.15) is 5.76 Å². The van der Waals surface area contributed by atoms with E-state index in [1.54, 1.807) is 6.92 Å². The van der Waals surface area contributed by atoms with Crippen LogP contribution in [0.1, 0.15) is 75.6 Å². The van der Waals surface area contributed by atoms with E-state index in [1.165, 1.54) is 31.4 Å². The first-order chi connectivity index (χ1) is 11.0. The van der Waals surface area contributed by atoms with Gasteiger partial charge in [0.05, 0.1) is 0 Å². The van der Waals surface area contributed by atoms with Crippen LogP contribution in [0.4, 0.5) is 0 Å². The largest absolute Gasteiger partial charge is 0.456 e. The van der Waals surface area contributed by atoms with Gasteiger partial charge < -0.3 is 9.73 Å². The molecule has 1 amide bonds. The minimum absolute atomic E-state index is 0.135. The number of hydrogen-bond acceptors (Lipinski definition) is 3. The maximum Gasteiger partial charge on any atom is 0.287 e. The van der Waals surface area contributed by atoms with Gasteiger partial charge in [0, 0.05) is 17.7 Å². The van der Waals surface area contributed by atoms with Crippen molar-refractivity contribution in [3.05, 3.63) is 33.9 Å². The fourth-order valence-corrected chi connectivity index (χ4v) is 7.44. The summed E-state index contributed by atoms with van der Waals surface area (Å²) in [6, 6.07) is 2.71. The van der Waals surface area contributed by atoms with Crippen molar-refractivity contribution in [3.63, 3.8) is 0 Å². The smallest absolute Gasteiger partial charge is 0.287 e. The minimum atomic E-state index is -0.242. The third kappa shape index (κ3) is 2.51. The Kier molecular flexibility index (Phi) is 3.00. The third-order valence-corrected chi connectivity index (χ3v) is 6.35. The molecule has 0 aliphatic heterocycles. The molecule has 0 saturated heterocycles. The second-order valence-electron chi connectivity index (χ2n) is 10.00. The summed E-state index contributed by atoms with van der Waals surface area (Å²) in [5, 5.41) is 3.30. The maximum atomic E-state index is 12.8. The first kappa shape index (κ1) is 15.9. The van der Waals surface area contributed by atoms with Crippen LogP contribution in [0.2, 0.25) is 0 Å². The highest BCUT2D eigenvalue weighted by Crippen LogP contribution is 2.70. The molecule has 0 radical (unpaired) electrons. The van der Waals surface area contributed by atoms with Crippen molar-refractivity contribution in [1.29, 1.82) is 0 Å². The van der Waals surface area contributed by atoms with E-state index in [1.807, 2.05) is 0 Å². The molecule has 0 spiro atoms. The molecule has 4 saturated carbocycles. The van der Waals surface area contributed by atoms with Gasteiger partial charge in [-0.3, -0.25) is 9.59 Å². The van der Waals surface area contributed by atoms with Crippen molar-refractivity contribution in [2.75, 3.05) is 0 Å². The maximum absolute atomic E-state index is 12.8. The second kappa shape index (κ2) is 4.53. The van der Waals surface area contributed by atoms with Crippen molar-refractivity contribution in [2.24, 2.45) is 16.2 Å². The zero-order valence-corrected chi connectivity index (χ0v) is 15.1. The SMILES string of the molecule is Cc1cc(=O)cc(C(=O)NC23CC4(C)CC(C)(CC(C)(C4)C2)C3)o1. The molecule has 4 nitrogen and oxygen atoms in total. The van der Waals surface area contributed by atoms with Gasteiger partial charge in [-0.05, 0) is 61.7 Å². The van der Waals surface area contributed by atoms with E-state index in [0.717, 1.165) is 19.3 Å². The molecule has 1 aromatic rings. The molecule has 4 bridgehead atoms. The van der Waals surface area contributed by atoms with Crippen molar-refractivity contribution < 1.29 is 9.21 Å². The summed E-state index contributed by atoms with van der Waals surface area (Å²) < 4.78 is 5.50. The van der Waals surface area contributed by atoms with Crippen LogP contribution >= 0.6 is 0 Å². The van der Waals surface area contributed by atoms with Crippen LogP contribution in [0.25, 0.3) is 0 Å². The number of carbonyl (C=O) groups is 1. The normalized spacial score (nSPS) is 43.0. The molecule has 130 valence electrons.